The predicted octanol–water partition coefficient (Wildman–Crippen LogP) is 6.04. The molecule has 1 aliphatic heterocycles. The van der Waals surface area contributed by atoms with Gasteiger partial charge >= 0.3 is 12.0 Å². The number of Topliss-reactive ketones (excluding diaryl/α,β-unsaturated/α-hetero) is 1. The van der Waals surface area contributed by atoms with Crippen LogP contribution < -0.4 is 10.2 Å². The van der Waals surface area contributed by atoms with Crippen molar-refractivity contribution in [2.45, 2.75) is 20.3 Å². The van der Waals surface area contributed by atoms with Gasteiger partial charge in [-0.2, -0.15) is 0 Å². The first-order valence-corrected chi connectivity index (χ1v) is 12.5. The number of amides is 2. The number of nitrogens with zero attached hydrogens (tertiary/aromatic N) is 2. The van der Waals surface area contributed by atoms with Gasteiger partial charge in [0.1, 0.15) is 0 Å². The lowest BCUT2D eigenvalue weighted by Gasteiger charge is -2.36. The summed E-state index contributed by atoms with van der Waals surface area (Å²) in [5, 5.41) is 12.9. The summed E-state index contributed by atoms with van der Waals surface area (Å²) in [5.74, 6) is -1.20. The van der Waals surface area contributed by atoms with E-state index in [2.05, 4.69) is 10.2 Å². The zero-order chi connectivity index (χ0) is 26.6. The number of urea groups is 1. The minimum atomic E-state index is -1.11. The number of benzene rings is 3. The number of rotatable bonds is 7. The van der Waals surface area contributed by atoms with Crippen LogP contribution in [-0.2, 0) is 4.79 Å². The molecule has 0 aliphatic carbocycles. The lowest BCUT2D eigenvalue weighted by Crippen LogP contribution is -2.50. The topological polar surface area (TPSA) is 90.0 Å². The highest BCUT2D eigenvalue weighted by Crippen LogP contribution is 2.27. The fourth-order valence-electron chi connectivity index (χ4n) is 4.23. The van der Waals surface area contributed by atoms with Gasteiger partial charge in [0.2, 0.25) is 0 Å². The summed E-state index contributed by atoms with van der Waals surface area (Å²) in [6.07, 6.45) is -0.0644. The Labute approximate surface area is 221 Å². The first-order chi connectivity index (χ1) is 17.6. The van der Waals surface area contributed by atoms with Gasteiger partial charge in [0.25, 0.3) is 0 Å². The van der Waals surface area contributed by atoms with Crippen LogP contribution in [0.5, 0.6) is 0 Å². The predicted molar refractivity (Wildman–Crippen MR) is 146 cm³/mol. The minimum Gasteiger partial charge on any atom is -0.481 e. The van der Waals surface area contributed by atoms with Crippen molar-refractivity contribution < 1.29 is 19.5 Å². The highest BCUT2D eigenvalue weighted by atomic mass is 35.5. The van der Waals surface area contributed by atoms with Crippen molar-refractivity contribution in [3.63, 3.8) is 0 Å². The third-order valence-electron chi connectivity index (χ3n) is 6.62. The van der Waals surface area contributed by atoms with Gasteiger partial charge in [-0.15, -0.1) is 0 Å². The van der Waals surface area contributed by atoms with Crippen LogP contribution in [0.15, 0.2) is 72.8 Å². The van der Waals surface area contributed by atoms with Crippen LogP contribution in [0.1, 0.15) is 30.6 Å². The molecule has 0 aromatic heterocycles. The van der Waals surface area contributed by atoms with Crippen LogP contribution in [0.4, 0.5) is 16.2 Å². The second kappa shape index (κ2) is 11.0. The zero-order valence-corrected chi connectivity index (χ0v) is 21.7. The molecule has 192 valence electrons. The molecule has 8 heteroatoms. The van der Waals surface area contributed by atoms with Crippen molar-refractivity contribution >= 4 is 40.8 Å². The van der Waals surface area contributed by atoms with E-state index < -0.39 is 11.4 Å². The van der Waals surface area contributed by atoms with Gasteiger partial charge in [-0.25, -0.2) is 4.79 Å². The largest absolute Gasteiger partial charge is 0.481 e. The second-order valence-electron chi connectivity index (χ2n) is 9.80. The Hall–Kier alpha value is -3.84. The lowest BCUT2D eigenvalue weighted by molar-refractivity contribution is -0.146. The van der Waals surface area contributed by atoms with Crippen molar-refractivity contribution in [2.75, 3.05) is 36.4 Å². The van der Waals surface area contributed by atoms with E-state index in [0.29, 0.717) is 42.5 Å². The van der Waals surface area contributed by atoms with E-state index in [1.165, 1.54) is 0 Å². The molecule has 1 saturated heterocycles. The maximum atomic E-state index is 12.8. The molecule has 3 aromatic carbocycles. The summed E-state index contributed by atoms with van der Waals surface area (Å²) < 4.78 is 0. The number of aliphatic carboxylic acids is 1. The molecule has 37 heavy (non-hydrogen) atoms. The summed E-state index contributed by atoms with van der Waals surface area (Å²) in [5.41, 5.74) is 2.92. The Morgan fingerprint density at radius 3 is 2.00 bits per heavy atom. The van der Waals surface area contributed by atoms with Gasteiger partial charge in [0.05, 0.1) is 16.1 Å². The molecule has 1 aliphatic rings. The summed E-state index contributed by atoms with van der Waals surface area (Å²) >= 11 is 6.31. The number of carbonyl (C=O) groups excluding carboxylic acids is 2. The Morgan fingerprint density at radius 1 is 0.865 bits per heavy atom. The van der Waals surface area contributed by atoms with Crippen molar-refractivity contribution in [1.29, 1.82) is 0 Å². The molecule has 0 atom stereocenters. The average molecular weight is 520 g/mol. The number of hydrogen-bond acceptors (Lipinski definition) is 4. The molecule has 0 unspecified atom stereocenters. The summed E-state index contributed by atoms with van der Waals surface area (Å²) in [4.78, 5) is 40.5. The van der Waals surface area contributed by atoms with E-state index in [1.54, 1.807) is 30.9 Å². The third kappa shape index (κ3) is 6.30. The highest BCUT2D eigenvalue weighted by molar-refractivity contribution is 6.33. The molecule has 1 fully saturated rings. The van der Waals surface area contributed by atoms with Crippen molar-refractivity contribution in [3.8, 4) is 11.1 Å². The number of ketones is 1. The van der Waals surface area contributed by atoms with Crippen molar-refractivity contribution in [2.24, 2.45) is 5.41 Å². The van der Waals surface area contributed by atoms with Crippen LogP contribution in [0.2, 0.25) is 5.02 Å². The molecule has 1 heterocycles. The minimum absolute atomic E-state index is 0.0644. The fraction of sp³-hybridized carbons (Fsp3) is 0.276. The molecule has 4 rings (SSSR count). The number of piperazine rings is 1. The van der Waals surface area contributed by atoms with Crippen LogP contribution in [0.25, 0.3) is 11.1 Å². The van der Waals surface area contributed by atoms with Gasteiger partial charge in [0.15, 0.2) is 5.78 Å². The number of para-hydroxylation sites is 1. The van der Waals surface area contributed by atoms with E-state index in [-0.39, 0.29) is 18.2 Å². The van der Waals surface area contributed by atoms with E-state index in [0.717, 1.165) is 16.8 Å². The maximum Gasteiger partial charge on any atom is 0.321 e. The number of hydrogen-bond donors (Lipinski definition) is 2. The van der Waals surface area contributed by atoms with Crippen LogP contribution in [0, 0.1) is 5.41 Å². The molecule has 3 aromatic rings. The summed E-state index contributed by atoms with van der Waals surface area (Å²) in [6, 6.07) is 22.2. The molecule has 0 saturated carbocycles. The van der Waals surface area contributed by atoms with Gasteiger partial charge in [-0.1, -0.05) is 60.1 Å². The first kappa shape index (κ1) is 26.2. The van der Waals surface area contributed by atoms with E-state index >= 15 is 0 Å². The lowest BCUT2D eigenvalue weighted by atomic mass is 9.85. The second-order valence-corrected chi connectivity index (χ2v) is 10.2. The maximum absolute atomic E-state index is 12.8. The standard InChI is InChI=1S/C29H30ClN3O4/c1-29(2,27(35)36)19-26(34)22-9-7-20(8-10-22)21-11-13-23(14-12-21)31-28(37)33-17-15-32(16-18-33)25-6-4-3-5-24(25)30/h3-14H,15-19H2,1-2H3,(H,31,37)(H,35,36). The Balaban J connectivity index is 1.32. The van der Waals surface area contributed by atoms with Gasteiger partial charge < -0.3 is 20.2 Å². The monoisotopic (exact) mass is 519 g/mol. The molecular formula is C29H30ClN3O4. The number of nitrogens with one attached hydrogen (secondary N) is 1. The molecule has 0 spiro atoms. The summed E-state index contributed by atoms with van der Waals surface area (Å²) in [6.45, 7) is 5.71. The molecule has 0 radical (unpaired) electrons. The van der Waals surface area contributed by atoms with Gasteiger partial charge in [-0.05, 0) is 49.2 Å². The van der Waals surface area contributed by atoms with E-state index in [9.17, 15) is 19.5 Å². The highest BCUT2D eigenvalue weighted by Gasteiger charge is 2.30. The number of halogens is 1. The third-order valence-corrected chi connectivity index (χ3v) is 6.94. The molecule has 0 bridgehead atoms. The van der Waals surface area contributed by atoms with Gasteiger partial charge in [-0.3, -0.25) is 9.59 Å². The summed E-state index contributed by atoms with van der Waals surface area (Å²) in [7, 11) is 0. The van der Waals surface area contributed by atoms with Crippen LogP contribution >= 0.6 is 11.6 Å². The van der Waals surface area contributed by atoms with Gasteiger partial charge in [0, 0.05) is 43.9 Å². The number of anilines is 2. The Bertz CT molecular complexity index is 1280. The SMILES string of the molecule is CC(C)(CC(=O)c1ccc(-c2ccc(NC(=O)N3CCN(c4ccccc4Cl)CC3)cc2)cc1)C(=O)O. The molecule has 2 amide bonds. The van der Waals surface area contributed by atoms with Crippen LogP contribution in [0.3, 0.4) is 0 Å². The average Bonchev–Trinajstić information content (AvgIpc) is 2.89. The molecule has 7 nitrogen and oxygen atoms in total. The van der Waals surface area contributed by atoms with E-state index in [4.69, 9.17) is 11.6 Å². The van der Waals surface area contributed by atoms with Crippen molar-refractivity contribution in [3.05, 3.63) is 83.4 Å². The molecule has 2 N–H and O–H groups in total. The zero-order valence-electron chi connectivity index (χ0n) is 20.9. The normalized spacial score (nSPS) is 13.8. The van der Waals surface area contributed by atoms with Crippen molar-refractivity contribution in [1.82, 2.24) is 4.90 Å². The van der Waals surface area contributed by atoms with E-state index in [1.807, 2.05) is 60.7 Å². The first-order valence-electron chi connectivity index (χ1n) is 12.2. The number of carbonyl (C=O) groups is 3. The Morgan fingerprint density at radius 2 is 1.43 bits per heavy atom. The quantitative estimate of drug-likeness (QED) is 0.371. The smallest absolute Gasteiger partial charge is 0.321 e. The Kier molecular flexibility index (Phi) is 7.83. The van der Waals surface area contributed by atoms with Crippen LogP contribution in [-0.4, -0.2) is 54.0 Å². The molecular weight excluding hydrogens is 490 g/mol. The fourth-order valence-corrected chi connectivity index (χ4v) is 4.49. The number of carboxylic acids is 1. The number of carboxylic acid groups (broad SMARTS) is 1.